The molecule has 0 fully saturated rings. The van der Waals surface area contributed by atoms with E-state index in [9.17, 15) is 24.4 Å². The minimum atomic E-state index is -0.142. The van der Waals surface area contributed by atoms with Gasteiger partial charge in [0.25, 0.3) is 23.6 Å². The smallest absolute Gasteiger partial charge is 0.512 e. The molecular formula is C65H83Br2CuN7O4S4-. The molecule has 83 heavy (non-hydrogen) atoms. The van der Waals surface area contributed by atoms with Crippen molar-refractivity contribution in [3.8, 4) is 6.07 Å². The molecule has 18 heteroatoms. The molecule has 4 amide bonds. The SMILES string of the molecule is C.CCCCC(CC)CN1C(=O)C2=C(c3ccc(Br)s3)N(CC(CC)CCCC)C(=O)C2=C1c1ccc(Br)s1.[C-]#N.[C-]#[N+]c1ccc(C2=C3C(=O)N(CC(CC)CCCC)C(c4ccc(C#N)s4)=C3C(=O)N2CC(CC)CCCC)s1.[CH3-].[Cu+]. The number of halogens is 2. The van der Waals surface area contributed by atoms with Gasteiger partial charge in [-0.25, -0.2) is 4.85 Å². The fourth-order valence-corrected chi connectivity index (χ4v) is 15.7. The third kappa shape index (κ3) is 16.6. The zero-order valence-electron chi connectivity index (χ0n) is 49.0. The number of unbranched alkanes of at least 4 members (excludes halogenated alkanes) is 4. The molecule has 4 aromatic rings. The Balaban J connectivity index is 0.000000409. The molecule has 0 aliphatic carbocycles. The summed E-state index contributed by atoms with van der Waals surface area (Å²) < 4.78 is 2.00. The topological polar surface area (TPSA) is 133 Å². The third-order valence-electron chi connectivity index (χ3n) is 15.8. The fraction of sp³-hybridized carbons (Fsp3) is 0.508. The van der Waals surface area contributed by atoms with E-state index in [4.69, 9.17) is 18.4 Å². The van der Waals surface area contributed by atoms with E-state index in [0.29, 0.717) is 93.4 Å². The predicted molar refractivity (Wildman–Crippen MR) is 350 cm³/mol. The molecule has 0 saturated carbocycles. The zero-order chi connectivity index (χ0) is 58.2. The summed E-state index contributed by atoms with van der Waals surface area (Å²) in [5.74, 6) is 1.12. The molecule has 0 bridgehead atoms. The van der Waals surface area contributed by atoms with E-state index < -0.39 is 0 Å². The van der Waals surface area contributed by atoms with Crippen LogP contribution in [0, 0.1) is 60.8 Å². The number of thiophene rings is 4. The Hall–Kier alpha value is -4.41. The Labute approximate surface area is 540 Å². The first-order valence-corrected chi connectivity index (χ1v) is 33.6. The Morgan fingerprint density at radius 3 is 0.988 bits per heavy atom. The number of hydrogen-bond acceptors (Lipinski definition) is 10. The van der Waals surface area contributed by atoms with Gasteiger partial charge in [0, 0.05) is 31.1 Å². The first-order valence-electron chi connectivity index (χ1n) is 28.7. The number of carbonyl (C=O) groups is 4. The Kier molecular flexibility index (Phi) is 31.0. The van der Waals surface area contributed by atoms with Crippen LogP contribution in [-0.4, -0.2) is 69.4 Å². The third-order valence-corrected chi connectivity index (χ3v) is 21.0. The molecule has 4 aromatic heterocycles. The first kappa shape index (κ1) is 72.8. The molecule has 11 nitrogen and oxygen atoms in total. The average Bonchev–Trinajstić information content (AvgIpc) is 2.59. The Morgan fingerprint density at radius 1 is 0.482 bits per heavy atom. The van der Waals surface area contributed by atoms with Gasteiger partial charge in [-0.3, -0.25) is 19.2 Å². The molecule has 8 heterocycles. The molecule has 0 saturated heterocycles. The summed E-state index contributed by atoms with van der Waals surface area (Å²) in [6, 6.07) is 17.6. The number of fused-ring (bicyclic) bond motifs is 2. The van der Waals surface area contributed by atoms with Gasteiger partial charge >= 0.3 is 17.1 Å². The van der Waals surface area contributed by atoms with Crippen molar-refractivity contribution in [1.29, 1.82) is 10.5 Å². The van der Waals surface area contributed by atoms with Gasteiger partial charge < -0.3 is 38.9 Å². The van der Waals surface area contributed by atoms with Gasteiger partial charge in [0.05, 0.1) is 73.9 Å². The van der Waals surface area contributed by atoms with E-state index in [2.05, 4.69) is 98.2 Å². The average molecular weight is 1380 g/mol. The molecule has 4 aliphatic rings. The van der Waals surface area contributed by atoms with Crippen LogP contribution >= 0.6 is 77.2 Å². The molecule has 0 radical (unpaired) electrons. The van der Waals surface area contributed by atoms with E-state index in [1.165, 1.54) is 22.7 Å². The molecule has 0 spiro atoms. The summed E-state index contributed by atoms with van der Waals surface area (Å²) in [4.78, 5) is 72.6. The Bertz CT molecular complexity index is 2890. The summed E-state index contributed by atoms with van der Waals surface area (Å²) >= 11 is 13.1. The van der Waals surface area contributed by atoms with Crippen molar-refractivity contribution in [3.63, 3.8) is 0 Å². The quantitative estimate of drug-likeness (QED) is 0.0411. The van der Waals surface area contributed by atoms with Crippen LogP contribution < -0.4 is 0 Å². The molecule has 452 valence electrons. The van der Waals surface area contributed by atoms with Crippen molar-refractivity contribution in [1.82, 2.24) is 19.6 Å². The minimum absolute atomic E-state index is 0. The summed E-state index contributed by atoms with van der Waals surface area (Å²) in [7, 11) is 0. The summed E-state index contributed by atoms with van der Waals surface area (Å²) in [5.41, 5.74) is 5.02. The number of rotatable bonds is 28. The second kappa shape index (κ2) is 35.3. The standard InChI is InChI=1S/C32H38N4O2S2.C30H38Br2N2O2S2.CN.CH4.CH3.Cu/c1-6-10-12-21(8-3)19-35-29(24-15-14-23(18-33)39-24)27-28(32(35)38)30(25-16-17-26(34-5)40-25)36(31(27)37)20-22(9-4)13-11-7-2;1-5-9-11-19(7-3)17-33-27(21-13-15-23(31)37-21)25-26(29(33)35)28(22-14-16-24(32)38-22)34(30(25)36)18-20(8-4)12-10-6-2;1-2;;;/h14-17,21-22H,6-13,19-20H2,1-4H3;13-16,19-20H,5-12,17-18H2,1-4H3;;1H4;1H3;/q;;-1;;-1;+1. The molecule has 4 aliphatic heterocycles. The van der Waals surface area contributed by atoms with Crippen LogP contribution in [0.3, 0.4) is 0 Å². The van der Waals surface area contributed by atoms with Gasteiger partial charge in [-0.05, 0) is 124 Å². The summed E-state index contributed by atoms with van der Waals surface area (Å²) in [6.45, 7) is 32.1. The minimum Gasteiger partial charge on any atom is -0.512 e. The van der Waals surface area contributed by atoms with Crippen LogP contribution in [0.15, 0.2) is 78.4 Å². The van der Waals surface area contributed by atoms with Crippen molar-refractivity contribution in [2.75, 3.05) is 26.2 Å². The van der Waals surface area contributed by atoms with Crippen molar-refractivity contribution in [3.05, 3.63) is 128 Å². The normalized spacial score (nSPS) is 15.9. The monoisotopic (exact) mass is 1370 g/mol. The fourth-order valence-electron chi connectivity index (χ4n) is 11.1. The molecule has 4 atom stereocenters. The zero-order valence-corrected chi connectivity index (χ0v) is 56.4. The van der Waals surface area contributed by atoms with Crippen molar-refractivity contribution >= 4 is 129 Å². The predicted octanol–water partition coefficient (Wildman–Crippen LogP) is 19.2. The van der Waals surface area contributed by atoms with E-state index in [1.54, 1.807) is 34.8 Å². The maximum absolute atomic E-state index is 14.4. The first-order chi connectivity index (χ1) is 38.7. The van der Waals surface area contributed by atoms with Crippen LogP contribution in [0.25, 0.3) is 27.6 Å². The van der Waals surface area contributed by atoms with Crippen LogP contribution in [0.4, 0.5) is 5.00 Å². The maximum Gasteiger partial charge on any atom is 1.00 e. The summed E-state index contributed by atoms with van der Waals surface area (Å²) in [6.07, 6.45) is 17.1. The largest absolute Gasteiger partial charge is 1.00 e. The summed E-state index contributed by atoms with van der Waals surface area (Å²) in [5, 5.41) is 16.3. The Morgan fingerprint density at radius 2 is 0.759 bits per heavy atom. The van der Waals surface area contributed by atoms with Crippen LogP contribution in [0.2, 0.25) is 0 Å². The number of nitriles is 1. The number of amides is 4. The maximum atomic E-state index is 14.4. The van der Waals surface area contributed by atoms with Gasteiger partial charge in [0.2, 0.25) is 5.00 Å². The van der Waals surface area contributed by atoms with Gasteiger partial charge in [-0.15, -0.1) is 34.0 Å². The molecule has 8 rings (SSSR count). The van der Waals surface area contributed by atoms with Crippen molar-refractivity contribution in [2.45, 2.75) is 166 Å². The van der Waals surface area contributed by atoms with Gasteiger partial charge in [0.1, 0.15) is 10.9 Å². The number of nitrogens with zero attached hydrogens (tertiary/aromatic N) is 7. The number of hydrogen-bond donors (Lipinski definition) is 0. The molecular weight excluding hydrogens is 1290 g/mol. The second-order valence-electron chi connectivity index (χ2n) is 21.0. The van der Waals surface area contributed by atoms with Gasteiger partial charge in [0.15, 0.2) is 0 Å². The number of carbonyl (C=O) groups excluding carboxylic acids is 4. The van der Waals surface area contributed by atoms with Gasteiger partial charge in [-0.2, -0.15) is 16.6 Å². The molecule has 0 N–H and O–H groups in total. The van der Waals surface area contributed by atoms with E-state index in [0.717, 1.165) is 141 Å². The van der Waals surface area contributed by atoms with E-state index in [-0.39, 0.29) is 55.6 Å². The molecule has 0 aromatic carbocycles. The van der Waals surface area contributed by atoms with Crippen molar-refractivity contribution in [2.24, 2.45) is 23.7 Å². The second-order valence-corrected chi connectivity index (χ2v) is 28.0. The van der Waals surface area contributed by atoms with Gasteiger partial charge in [-0.1, -0.05) is 146 Å². The van der Waals surface area contributed by atoms with Crippen LogP contribution in [0.5, 0.6) is 0 Å². The van der Waals surface area contributed by atoms with E-state index >= 15 is 0 Å². The van der Waals surface area contributed by atoms with Crippen LogP contribution in [0.1, 0.15) is 190 Å². The van der Waals surface area contributed by atoms with E-state index in [1.807, 2.05) is 56.0 Å². The van der Waals surface area contributed by atoms with Crippen molar-refractivity contribution < 1.29 is 36.2 Å². The van der Waals surface area contributed by atoms with Crippen LogP contribution in [-0.2, 0) is 36.2 Å². The molecule has 4 unspecified atom stereocenters.